The molecule has 0 N–H and O–H groups in total. The number of terminal acetylenes is 1. The van der Waals surface area contributed by atoms with Gasteiger partial charge in [0.05, 0.1) is 12.3 Å². The van der Waals surface area contributed by atoms with E-state index in [9.17, 15) is 4.79 Å². The molecule has 0 amide bonds. The molecule has 0 aromatic carbocycles. The summed E-state index contributed by atoms with van der Waals surface area (Å²) in [5.41, 5.74) is -0.0932. The Hall–Kier alpha value is -0.970. The molecule has 11 heavy (non-hydrogen) atoms. The van der Waals surface area contributed by atoms with Crippen LogP contribution in [0.2, 0.25) is 0 Å². The van der Waals surface area contributed by atoms with Crippen molar-refractivity contribution in [3.63, 3.8) is 0 Å². The summed E-state index contributed by atoms with van der Waals surface area (Å²) in [6, 6.07) is 0. The SMILES string of the molecule is C#CC1COC(=O)CC1(C)C. The van der Waals surface area contributed by atoms with Crippen LogP contribution in [0.5, 0.6) is 0 Å². The zero-order chi connectivity index (χ0) is 8.48. The van der Waals surface area contributed by atoms with E-state index in [0.717, 1.165) is 0 Å². The molecule has 0 spiro atoms. The summed E-state index contributed by atoms with van der Waals surface area (Å²) in [5.74, 6) is 2.57. The first kappa shape index (κ1) is 8.13. The van der Waals surface area contributed by atoms with Crippen molar-refractivity contribution in [1.82, 2.24) is 0 Å². The summed E-state index contributed by atoms with van der Waals surface area (Å²) in [5, 5.41) is 0. The molecule has 0 aromatic heterocycles. The van der Waals surface area contributed by atoms with Gasteiger partial charge in [-0.15, -0.1) is 6.42 Å². The van der Waals surface area contributed by atoms with Crippen molar-refractivity contribution in [3.05, 3.63) is 0 Å². The number of carbonyl (C=O) groups excluding carboxylic acids is 1. The number of cyclic esters (lactones) is 1. The summed E-state index contributed by atoms with van der Waals surface area (Å²) in [7, 11) is 0. The number of esters is 1. The lowest BCUT2D eigenvalue weighted by Crippen LogP contribution is -2.36. The second-order valence-corrected chi connectivity index (χ2v) is 3.57. The number of rotatable bonds is 0. The van der Waals surface area contributed by atoms with E-state index in [1.54, 1.807) is 0 Å². The minimum atomic E-state index is -0.137. The Bertz CT molecular complexity index is 210. The summed E-state index contributed by atoms with van der Waals surface area (Å²) in [6.45, 7) is 4.37. The molecule has 2 heteroatoms. The Morgan fingerprint density at radius 1 is 1.73 bits per heavy atom. The molecule has 60 valence electrons. The van der Waals surface area contributed by atoms with Gasteiger partial charge in [0, 0.05) is 0 Å². The van der Waals surface area contributed by atoms with Gasteiger partial charge in [0.1, 0.15) is 6.61 Å². The molecule has 0 saturated carbocycles. The predicted molar refractivity (Wildman–Crippen MR) is 41.7 cm³/mol. The minimum absolute atomic E-state index is 0.0696. The first-order valence-corrected chi connectivity index (χ1v) is 3.68. The Kier molecular flexibility index (Phi) is 1.90. The highest BCUT2D eigenvalue weighted by atomic mass is 16.5. The first-order chi connectivity index (χ1) is 5.06. The highest BCUT2D eigenvalue weighted by molar-refractivity contribution is 5.71. The van der Waals surface area contributed by atoms with E-state index in [1.807, 2.05) is 13.8 Å². The average Bonchev–Trinajstić information content (AvgIpc) is 1.85. The fourth-order valence-electron chi connectivity index (χ4n) is 1.22. The van der Waals surface area contributed by atoms with E-state index in [-0.39, 0.29) is 17.3 Å². The lowest BCUT2D eigenvalue weighted by molar-refractivity contribution is -0.154. The molecule has 1 saturated heterocycles. The topological polar surface area (TPSA) is 26.3 Å². The smallest absolute Gasteiger partial charge is 0.306 e. The van der Waals surface area contributed by atoms with E-state index >= 15 is 0 Å². The van der Waals surface area contributed by atoms with E-state index < -0.39 is 0 Å². The van der Waals surface area contributed by atoms with Gasteiger partial charge in [-0.05, 0) is 5.41 Å². The highest BCUT2D eigenvalue weighted by Gasteiger charge is 2.36. The molecule has 1 unspecified atom stereocenters. The molecule has 0 radical (unpaired) electrons. The van der Waals surface area contributed by atoms with Gasteiger partial charge in [0.2, 0.25) is 0 Å². The fourth-order valence-corrected chi connectivity index (χ4v) is 1.22. The maximum absolute atomic E-state index is 10.8. The summed E-state index contributed by atoms with van der Waals surface area (Å²) in [6.07, 6.45) is 5.72. The summed E-state index contributed by atoms with van der Waals surface area (Å²) in [4.78, 5) is 10.8. The molecule has 1 aliphatic rings. The maximum atomic E-state index is 10.8. The molecule has 1 aliphatic heterocycles. The molecule has 0 aliphatic carbocycles. The van der Waals surface area contributed by atoms with Crippen LogP contribution < -0.4 is 0 Å². The van der Waals surface area contributed by atoms with Crippen molar-refractivity contribution < 1.29 is 9.53 Å². The van der Waals surface area contributed by atoms with Gasteiger partial charge < -0.3 is 4.74 Å². The van der Waals surface area contributed by atoms with Crippen LogP contribution in [0.1, 0.15) is 20.3 Å². The molecule has 1 atom stereocenters. The molecule has 0 bridgehead atoms. The summed E-state index contributed by atoms with van der Waals surface area (Å²) >= 11 is 0. The van der Waals surface area contributed by atoms with Crippen molar-refractivity contribution in [2.75, 3.05) is 6.61 Å². The number of hydrogen-bond acceptors (Lipinski definition) is 2. The van der Waals surface area contributed by atoms with Gasteiger partial charge in [-0.25, -0.2) is 0 Å². The Labute approximate surface area is 66.9 Å². The van der Waals surface area contributed by atoms with E-state index in [0.29, 0.717) is 13.0 Å². The van der Waals surface area contributed by atoms with E-state index in [1.165, 1.54) is 0 Å². The van der Waals surface area contributed by atoms with Crippen LogP contribution in [0.15, 0.2) is 0 Å². The third-order valence-corrected chi connectivity index (χ3v) is 2.16. The Morgan fingerprint density at radius 3 is 2.82 bits per heavy atom. The van der Waals surface area contributed by atoms with E-state index in [2.05, 4.69) is 5.92 Å². The van der Waals surface area contributed by atoms with Crippen molar-refractivity contribution in [3.8, 4) is 12.3 Å². The second-order valence-electron chi connectivity index (χ2n) is 3.57. The van der Waals surface area contributed by atoms with Crippen molar-refractivity contribution in [1.29, 1.82) is 0 Å². The van der Waals surface area contributed by atoms with Crippen LogP contribution in [0.3, 0.4) is 0 Å². The molecular formula is C9H12O2. The van der Waals surface area contributed by atoms with Gasteiger partial charge >= 0.3 is 5.97 Å². The normalized spacial score (nSPS) is 28.8. The zero-order valence-corrected chi connectivity index (χ0v) is 6.89. The lowest BCUT2D eigenvalue weighted by atomic mass is 9.76. The van der Waals surface area contributed by atoms with Crippen LogP contribution >= 0.6 is 0 Å². The first-order valence-electron chi connectivity index (χ1n) is 3.68. The molecule has 1 fully saturated rings. The molecule has 1 heterocycles. The van der Waals surface area contributed by atoms with Gasteiger partial charge in [-0.3, -0.25) is 4.79 Å². The van der Waals surface area contributed by atoms with E-state index in [4.69, 9.17) is 11.2 Å². The van der Waals surface area contributed by atoms with Crippen molar-refractivity contribution in [2.24, 2.45) is 11.3 Å². The summed E-state index contributed by atoms with van der Waals surface area (Å²) < 4.78 is 4.84. The largest absolute Gasteiger partial charge is 0.464 e. The van der Waals surface area contributed by atoms with Crippen LogP contribution in [0, 0.1) is 23.7 Å². The second kappa shape index (κ2) is 2.58. The van der Waals surface area contributed by atoms with Crippen molar-refractivity contribution >= 4 is 5.97 Å². The number of carbonyl (C=O) groups is 1. The predicted octanol–water partition coefficient (Wildman–Crippen LogP) is 1.21. The molecule has 1 rings (SSSR count). The van der Waals surface area contributed by atoms with Gasteiger partial charge in [0.25, 0.3) is 0 Å². The van der Waals surface area contributed by atoms with Gasteiger partial charge in [-0.1, -0.05) is 19.8 Å². The van der Waals surface area contributed by atoms with Crippen LogP contribution in [0.25, 0.3) is 0 Å². The molecule has 2 nitrogen and oxygen atoms in total. The maximum Gasteiger partial charge on any atom is 0.306 e. The highest BCUT2D eigenvalue weighted by Crippen LogP contribution is 2.34. The Morgan fingerprint density at radius 2 is 2.36 bits per heavy atom. The van der Waals surface area contributed by atoms with Gasteiger partial charge in [0.15, 0.2) is 0 Å². The van der Waals surface area contributed by atoms with Crippen LogP contribution in [0.4, 0.5) is 0 Å². The minimum Gasteiger partial charge on any atom is -0.464 e. The van der Waals surface area contributed by atoms with Gasteiger partial charge in [-0.2, -0.15) is 0 Å². The quantitative estimate of drug-likeness (QED) is 0.385. The fraction of sp³-hybridized carbons (Fsp3) is 0.667. The number of ether oxygens (including phenoxy) is 1. The number of hydrogen-bond donors (Lipinski definition) is 0. The third-order valence-electron chi connectivity index (χ3n) is 2.16. The zero-order valence-electron chi connectivity index (χ0n) is 6.89. The van der Waals surface area contributed by atoms with Crippen LogP contribution in [-0.4, -0.2) is 12.6 Å². The average molecular weight is 152 g/mol. The molecular weight excluding hydrogens is 140 g/mol. The van der Waals surface area contributed by atoms with Crippen molar-refractivity contribution in [2.45, 2.75) is 20.3 Å². The lowest BCUT2D eigenvalue weighted by Gasteiger charge is -2.33. The standard InChI is InChI=1S/C9H12O2/c1-4-7-6-11-8(10)5-9(7,2)3/h1,7H,5-6H2,2-3H3. The monoisotopic (exact) mass is 152 g/mol. The Balaban J connectivity index is 2.73. The molecule has 0 aromatic rings. The van der Waals surface area contributed by atoms with Crippen LogP contribution in [-0.2, 0) is 9.53 Å². The third kappa shape index (κ3) is 1.54.